The van der Waals surface area contributed by atoms with E-state index in [9.17, 15) is 4.39 Å². The fourth-order valence-electron chi connectivity index (χ4n) is 1.24. The molecule has 1 aromatic heterocycles. The summed E-state index contributed by atoms with van der Waals surface area (Å²) in [6.07, 6.45) is 5.07. The minimum Gasteiger partial charge on any atom is -0.333 e. The van der Waals surface area contributed by atoms with Crippen LogP contribution in [0, 0.1) is 5.82 Å². The molecule has 72 valence electrons. The highest BCUT2D eigenvalue weighted by Crippen LogP contribution is 2.15. The van der Waals surface area contributed by atoms with E-state index in [4.69, 9.17) is 11.6 Å². The van der Waals surface area contributed by atoms with Crippen LogP contribution in [0.2, 0.25) is 5.02 Å². The molecule has 4 heteroatoms. The fraction of sp³-hybridized carbons (Fsp3) is 0.100. The molecule has 0 aliphatic carbocycles. The van der Waals surface area contributed by atoms with Crippen LogP contribution >= 0.6 is 11.6 Å². The third kappa shape index (κ3) is 1.93. The Morgan fingerprint density at radius 3 is 3.00 bits per heavy atom. The van der Waals surface area contributed by atoms with Gasteiger partial charge >= 0.3 is 0 Å². The van der Waals surface area contributed by atoms with Crippen LogP contribution in [-0.4, -0.2) is 9.55 Å². The van der Waals surface area contributed by atoms with Crippen LogP contribution in [-0.2, 0) is 6.54 Å². The second kappa shape index (κ2) is 3.80. The smallest absolute Gasteiger partial charge is 0.128 e. The van der Waals surface area contributed by atoms with Gasteiger partial charge in [0.15, 0.2) is 0 Å². The molecule has 0 saturated heterocycles. The number of benzene rings is 1. The Morgan fingerprint density at radius 1 is 1.43 bits per heavy atom. The zero-order valence-electron chi connectivity index (χ0n) is 7.32. The van der Waals surface area contributed by atoms with Crippen molar-refractivity contribution in [3.05, 3.63) is 53.3 Å². The van der Waals surface area contributed by atoms with E-state index in [1.165, 1.54) is 12.1 Å². The van der Waals surface area contributed by atoms with Crippen molar-refractivity contribution >= 4 is 11.6 Å². The summed E-state index contributed by atoms with van der Waals surface area (Å²) in [5.41, 5.74) is 0.565. The van der Waals surface area contributed by atoms with Crippen LogP contribution in [0.15, 0.2) is 36.9 Å². The number of imidazole rings is 1. The number of halogens is 2. The molecular weight excluding hydrogens is 203 g/mol. The lowest BCUT2D eigenvalue weighted by Gasteiger charge is -2.04. The molecule has 1 heterocycles. The summed E-state index contributed by atoms with van der Waals surface area (Å²) in [5, 5.41) is 0.543. The monoisotopic (exact) mass is 210 g/mol. The average Bonchev–Trinajstić information content (AvgIpc) is 2.64. The highest BCUT2D eigenvalue weighted by molar-refractivity contribution is 6.30. The van der Waals surface area contributed by atoms with E-state index in [0.29, 0.717) is 17.1 Å². The molecule has 0 aliphatic rings. The Balaban J connectivity index is 2.28. The maximum atomic E-state index is 13.3. The minimum absolute atomic E-state index is 0.247. The topological polar surface area (TPSA) is 17.8 Å². The van der Waals surface area contributed by atoms with Gasteiger partial charge in [-0.3, -0.25) is 0 Å². The number of hydrogen-bond acceptors (Lipinski definition) is 1. The maximum absolute atomic E-state index is 13.3. The van der Waals surface area contributed by atoms with Crippen LogP contribution in [0.3, 0.4) is 0 Å². The molecule has 2 nitrogen and oxygen atoms in total. The van der Waals surface area contributed by atoms with E-state index in [-0.39, 0.29) is 5.82 Å². The van der Waals surface area contributed by atoms with Gasteiger partial charge in [0.1, 0.15) is 5.82 Å². The molecule has 0 saturated carbocycles. The quantitative estimate of drug-likeness (QED) is 0.745. The summed E-state index contributed by atoms with van der Waals surface area (Å²) >= 11 is 5.77. The lowest BCUT2D eigenvalue weighted by Crippen LogP contribution is -1.99. The number of aromatic nitrogens is 2. The Kier molecular flexibility index (Phi) is 2.50. The van der Waals surface area contributed by atoms with Gasteiger partial charge in [-0.1, -0.05) is 11.6 Å². The molecule has 0 spiro atoms. The van der Waals surface area contributed by atoms with Gasteiger partial charge in [-0.2, -0.15) is 0 Å². The molecular formula is C10H8ClFN2. The molecule has 0 fully saturated rings. The predicted molar refractivity (Wildman–Crippen MR) is 52.7 cm³/mol. The average molecular weight is 211 g/mol. The van der Waals surface area contributed by atoms with Gasteiger partial charge in [-0.25, -0.2) is 9.37 Å². The summed E-state index contributed by atoms with van der Waals surface area (Å²) in [5.74, 6) is -0.247. The Morgan fingerprint density at radius 2 is 2.29 bits per heavy atom. The first-order valence-electron chi connectivity index (χ1n) is 4.15. The molecule has 0 bridgehead atoms. The first-order valence-corrected chi connectivity index (χ1v) is 4.53. The molecule has 0 N–H and O–H groups in total. The molecule has 2 rings (SSSR count). The number of rotatable bonds is 2. The normalized spacial score (nSPS) is 10.4. The van der Waals surface area contributed by atoms with Crippen LogP contribution < -0.4 is 0 Å². The molecule has 0 atom stereocenters. The lowest BCUT2D eigenvalue weighted by atomic mass is 10.2. The highest BCUT2D eigenvalue weighted by Gasteiger charge is 2.03. The highest BCUT2D eigenvalue weighted by atomic mass is 35.5. The summed E-state index contributed by atoms with van der Waals surface area (Å²) in [6, 6.07) is 4.53. The second-order valence-corrected chi connectivity index (χ2v) is 3.41. The van der Waals surface area contributed by atoms with E-state index in [1.54, 1.807) is 29.4 Å². The fourth-order valence-corrected chi connectivity index (χ4v) is 1.44. The van der Waals surface area contributed by atoms with Crippen molar-refractivity contribution in [1.82, 2.24) is 9.55 Å². The summed E-state index contributed by atoms with van der Waals surface area (Å²) in [7, 11) is 0. The van der Waals surface area contributed by atoms with Gasteiger partial charge in [0.05, 0.1) is 12.9 Å². The molecule has 2 aromatic rings. The van der Waals surface area contributed by atoms with Gasteiger partial charge in [0.2, 0.25) is 0 Å². The Hall–Kier alpha value is -1.35. The van der Waals surface area contributed by atoms with Crippen molar-refractivity contribution < 1.29 is 4.39 Å². The van der Waals surface area contributed by atoms with Crippen molar-refractivity contribution in [3.8, 4) is 0 Å². The zero-order chi connectivity index (χ0) is 9.97. The van der Waals surface area contributed by atoms with Gasteiger partial charge < -0.3 is 4.57 Å². The molecule has 0 amide bonds. The van der Waals surface area contributed by atoms with Crippen molar-refractivity contribution in [2.45, 2.75) is 6.54 Å². The minimum atomic E-state index is -0.247. The predicted octanol–water partition coefficient (Wildman–Crippen LogP) is 2.72. The van der Waals surface area contributed by atoms with Crippen LogP contribution in [0.4, 0.5) is 4.39 Å². The van der Waals surface area contributed by atoms with Gasteiger partial charge in [-0.15, -0.1) is 0 Å². The SMILES string of the molecule is Fc1ccc(Cl)cc1Cn1ccnc1. The molecule has 0 unspecified atom stereocenters. The van der Waals surface area contributed by atoms with Crippen molar-refractivity contribution in [2.75, 3.05) is 0 Å². The lowest BCUT2D eigenvalue weighted by molar-refractivity contribution is 0.599. The van der Waals surface area contributed by atoms with E-state index in [2.05, 4.69) is 4.98 Å². The largest absolute Gasteiger partial charge is 0.333 e. The van der Waals surface area contributed by atoms with Crippen molar-refractivity contribution in [1.29, 1.82) is 0 Å². The first-order chi connectivity index (χ1) is 6.75. The number of nitrogens with zero attached hydrogens (tertiary/aromatic N) is 2. The third-order valence-corrected chi connectivity index (χ3v) is 2.15. The van der Waals surface area contributed by atoms with E-state index in [0.717, 1.165) is 0 Å². The summed E-state index contributed by atoms with van der Waals surface area (Å²) < 4.78 is 15.1. The Bertz CT molecular complexity index is 426. The second-order valence-electron chi connectivity index (χ2n) is 2.97. The summed E-state index contributed by atoms with van der Waals surface area (Å²) in [6.45, 7) is 0.451. The van der Waals surface area contributed by atoms with Crippen LogP contribution in [0.5, 0.6) is 0 Å². The first kappa shape index (κ1) is 9.21. The van der Waals surface area contributed by atoms with Crippen molar-refractivity contribution in [3.63, 3.8) is 0 Å². The number of hydrogen-bond donors (Lipinski definition) is 0. The maximum Gasteiger partial charge on any atom is 0.128 e. The molecule has 0 aliphatic heterocycles. The van der Waals surface area contributed by atoms with Crippen LogP contribution in [0.25, 0.3) is 0 Å². The van der Waals surface area contributed by atoms with Crippen LogP contribution in [0.1, 0.15) is 5.56 Å². The van der Waals surface area contributed by atoms with E-state index >= 15 is 0 Å². The molecule has 14 heavy (non-hydrogen) atoms. The van der Waals surface area contributed by atoms with E-state index < -0.39 is 0 Å². The van der Waals surface area contributed by atoms with E-state index in [1.807, 2.05) is 0 Å². The summed E-state index contributed by atoms with van der Waals surface area (Å²) in [4.78, 5) is 3.88. The third-order valence-electron chi connectivity index (χ3n) is 1.92. The molecule has 0 radical (unpaired) electrons. The molecule has 1 aromatic carbocycles. The standard InChI is InChI=1S/C10H8ClFN2/c11-9-1-2-10(12)8(5-9)6-14-4-3-13-7-14/h1-5,7H,6H2. The zero-order valence-corrected chi connectivity index (χ0v) is 8.08. The van der Waals surface area contributed by atoms with Gasteiger partial charge in [-0.05, 0) is 18.2 Å². The van der Waals surface area contributed by atoms with Gasteiger partial charge in [0.25, 0.3) is 0 Å². The van der Waals surface area contributed by atoms with Crippen molar-refractivity contribution in [2.24, 2.45) is 0 Å². The Labute approximate surface area is 86.0 Å². The van der Waals surface area contributed by atoms with Gasteiger partial charge in [0, 0.05) is 23.0 Å².